The lowest BCUT2D eigenvalue weighted by molar-refractivity contribution is 0.0398. The molecule has 0 saturated heterocycles. The van der Waals surface area contributed by atoms with Crippen LogP contribution in [0.2, 0.25) is 0 Å². The molecule has 1 heterocycles. The van der Waals surface area contributed by atoms with E-state index >= 15 is 4.79 Å². The number of hydrogen-bond donors (Lipinski definition) is 0. The molecule has 2 atom stereocenters. The molecule has 0 aromatic heterocycles. The van der Waals surface area contributed by atoms with Crippen molar-refractivity contribution in [2.24, 2.45) is 0 Å². The lowest BCUT2D eigenvalue weighted by Gasteiger charge is -2.45. The minimum absolute atomic E-state index is 0.245. The number of rotatable bonds is 11. The highest BCUT2D eigenvalue weighted by Gasteiger charge is 2.53. The average molecular weight is 673 g/mol. The molecular weight excluding hydrogens is 636 g/mol. The molecule has 6 heteroatoms. The van der Waals surface area contributed by atoms with Gasteiger partial charge in [-0.1, -0.05) is 127 Å². The van der Waals surface area contributed by atoms with Gasteiger partial charge < -0.3 is 18.9 Å². The van der Waals surface area contributed by atoms with Gasteiger partial charge >= 0.3 is 0 Å². The molecule has 6 aromatic carbocycles. The summed E-state index contributed by atoms with van der Waals surface area (Å²) in [7, 11) is 4.69. The van der Waals surface area contributed by atoms with Crippen LogP contribution in [0.15, 0.2) is 152 Å². The van der Waals surface area contributed by atoms with Crippen molar-refractivity contribution in [3.8, 4) is 17.2 Å². The van der Waals surface area contributed by atoms with Gasteiger partial charge in [0.05, 0.1) is 27.2 Å². The summed E-state index contributed by atoms with van der Waals surface area (Å²) >= 11 is 0. The van der Waals surface area contributed by atoms with Crippen molar-refractivity contribution in [1.29, 1.82) is 0 Å². The molecule has 7 rings (SSSR count). The molecule has 51 heavy (non-hydrogen) atoms. The van der Waals surface area contributed by atoms with E-state index < -0.39 is 11.5 Å². The van der Waals surface area contributed by atoms with Gasteiger partial charge in [-0.05, 0) is 41.5 Å². The molecule has 0 fully saturated rings. The summed E-state index contributed by atoms with van der Waals surface area (Å²) in [5, 5.41) is 0. The highest BCUT2D eigenvalue weighted by Crippen LogP contribution is 2.55. The van der Waals surface area contributed by atoms with Crippen molar-refractivity contribution in [2.45, 2.75) is 11.5 Å². The Morgan fingerprint density at radius 3 is 1.78 bits per heavy atom. The second-order valence-electron chi connectivity index (χ2n) is 12.2. The quantitative estimate of drug-likeness (QED) is 0.128. The van der Waals surface area contributed by atoms with E-state index in [-0.39, 0.29) is 17.1 Å². The first kappa shape index (κ1) is 33.1. The SMILES string of the molecule is COc1ccc2c(c1)C=C(c1ccccc1)OC2(c1ccccc1)C(C(=O)c1ccccc1)c1cc(OC)c(OC)cc1C(=O)c1ccccc1. The molecule has 0 spiro atoms. The van der Waals surface area contributed by atoms with Gasteiger partial charge in [-0.15, -0.1) is 0 Å². The summed E-state index contributed by atoms with van der Waals surface area (Å²) in [5.74, 6) is 0.302. The van der Waals surface area contributed by atoms with Gasteiger partial charge in [0.1, 0.15) is 11.5 Å². The summed E-state index contributed by atoms with van der Waals surface area (Å²) in [6, 6.07) is 46.8. The van der Waals surface area contributed by atoms with E-state index in [4.69, 9.17) is 18.9 Å². The van der Waals surface area contributed by atoms with Crippen LogP contribution < -0.4 is 14.2 Å². The molecule has 1 aliphatic heterocycles. The van der Waals surface area contributed by atoms with Crippen molar-refractivity contribution >= 4 is 23.4 Å². The third-order valence-electron chi connectivity index (χ3n) is 9.35. The molecule has 2 unspecified atom stereocenters. The zero-order chi connectivity index (χ0) is 35.4. The van der Waals surface area contributed by atoms with Crippen LogP contribution in [0.1, 0.15) is 60.0 Å². The molecule has 0 saturated carbocycles. The Hall–Kier alpha value is -6.40. The second kappa shape index (κ2) is 14.2. The maximum atomic E-state index is 15.6. The van der Waals surface area contributed by atoms with E-state index in [1.54, 1.807) is 43.5 Å². The number of ketones is 2. The Bertz CT molecular complexity index is 2210. The fraction of sp³-hybridized carbons (Fsp3) is 0.111. The van der Waals surface area contributed by atoms with Gasteiger partial charge in [0, 0.05) is 33.4 Å². The van der Waals surface area contributed by atoms with E-state index in [9.17, 15) is 4.79 Å². The number of fused-ring (bicyclic) bond motifs is 1. The van der Waals surface area contributed by atoms with Crippen LogP contribution in [-0.2, 0) is 10.3 Å². The molecule has 0 radical (unpaired) electrons. The van der Waals surface area contributed by atoms with Crippen LogP contribution in [0.5, 0.6) is 17.2 Å². The number of Topliss-reactive ketones (excluding diaryl/α,β-unsaturated/α-hetero) is 1. The lowest BCUT2D eigenvalue weighted by Crippen LogP contribution is -2.44. The van der Waals surface area contributed by atoms with Crippen molar-refractivity contribution < 1.29 is 28.5 Å². The first-order chi connectivity index (χ1) is 25.0. The van der Waals surface area contributed by atoms with Crippen LogP contribution >= 0.6 is 0 Å². The van der Waals surface area contributed by atoms with Crippen LogP contribution in [0.4, 0.5) is 0 Å². The molecule has 0 bridgehead atoms. The zero-order valence-electron chi connectivity index (χ0n) is 28.5. The molecule has 252 valence electrons. The number of benzene rings is 6. The Labute approximate surface area is 297 Å². The van der Waals surface area contributed by atoms with E-state index in [0.717, 1.165) is 22.3 Å². The van der Waals surface area contributed by atoms with Gasteiger partial charge in [-0.3, -0.25) is 9.59 Å². The van der Waals surface area contributed by atoms with Crippen molar-refractivity contribution in [3.05, 3.63) is 196 Å². The molecule has 6 nitrogen and oxygen atoms in total. The van der Waals surface area contributed by atoms with E-state index in [2.05, 4.69) is 0 Å². The van der Waals surface area contributed by atoms with Gasteiger partial charge in [-0.2, -0.15) is 0 Å². The molecule has 0 amide bonds. The lowest BCUT2D eigenvalue weighted by atomic mass is 9.66. The van der Waals surface area contributed by atoms with E-state index in [1.807, 2.05) is 121 Å². The van der Waals surface area contributed by atoms with E-state index in [0.29, 0.717) is 39.7 Å². The fourth-order valence-electron chi connectivity index (χ4n) is 6.94. The second-order valence-corrected chi connectivity index (χ2v) is 12.2. The summed E-state index contributed by atoms with van der Waals surface area (Å²) in [4.78, 5) is 30.2. The molecule has 1 aliphatic rings. The van der Waals surface area contributed by atoms with Gasteiger partial charge in [0.15, 0.2) is 28.7 Å². The zero-order valence-corrected chi connectivity index (χ0v) is 28.5. The number of ether oxygens (including phenoxy) is 4. The first-order valence-electron chi connectivity index (χ1n) is 16.6. The summed E-state index contributed by atoms with van der Waals surface area (Å²) in [6.07, 6.45) is 1.98. The first-order valence-corrected chi connectivity index (χ1v) is 16.6. The number of methoxy groups -OCH3 is 3. The Morgan fingerprint density at radius 2 is 1.18 bits per heavy atom. The largest absolute Gasteiger partial charge is 0.497 e. The number of carbonyl (C=O) groups excluding carboxylic acids is 2. The highest BCUT2D eigenvalue weighted by atomic mass is 16.5. The number of hydrogen-bond acceptors (Lipinski definition) is 6. The van der Waals surface area contributed by atoms with E-state index in [1.165, 1.54) is 14.2 Å². The monoisotopic (exact) mass is 672 g/mol. The van der Waals surface area contributed by atoms with Gasteiger partial charge in [0.25, 0.3) is 0 Å². The smallest absolute Gasteiger partial charge is 0.193 e. The van der Waals surface area contributed by atoms with Crippen molar-refractivity contribution in [1.82, 2.24) is 0 Å². The molecule has 0 N–H and O–H groups in total. The van der Waals surface area contributed by atoms with Gasteiger partial charge in [0.2, 0.25) is 0 Å². The predicted octanol–water partition coefficient (Wildman–Crippen LogP) is 9.38. The molecule has 0 aliphatic carbocycles. The minimum atomic E-state index is -1.50. The van der Waals surface area contributed by atoms with Crippen LogP contribution in [0, 0.1) is 0 Å². The maximum Gasteiger partial charge on any atom is 0.193 e. The number of carbonyl (C=O) groups is 2. The fourth-order valence-corrected chi connectivity index (χ4v) is 6.94. The third kappa shape index (κ3) is 6.06. The predicted molar refractivity (Wildman–Crippen MR) is 199 cm³/mol. The standard InChI is InChI=1S/C45H36O6/c1-48-35-24-25-38-33(26-35)27-39(30-16-8-4-9-17-30)51-45(38,34-22-14-7-15-23-34)42(44(47)32-20-12-6-13-21-32)36-28-40(49-2)41(50-3)29-37(36)43(46)31-18-10-5-11-19-31/h4-29,42H,1-3H3. The normalized spacial score (nSPS) is 15.4. The maximum absolute atomic E-state index is 15.6. The summed E-state index contributed by atoms with van der Waals surface area (Å²) in [6.45, 7) is 0. The Balaban J connectivity index is 1.63. The Kier molecular flexibility index (Phi) is 9.23. The third-order valence-corrected chi connectivity index (χ3v) is 9.35. The summed E-state index contributed by atoms with van der Waals surface area (Å²) in [5.41, 5.74) is 3.23. The van der Waals surface area contributed by atoms with Crippen molar-refractivity contribution in [3.63, 3.8) is 0 Å². The summed E-state index contributed by atoms with van der Waals surface area (Å²) < 4.78 is 24.7. The van der Waals surface area contributed by atoms with Crippen LogP contribution in [0.3, 0.4) is 0 Å². The minimum Gasteiger partial charge on any atom is -0.497 e. The van der Waals surface area contributed by atoms with Crippen LogP contribution in [0.25, 0.3) is 11.8 Å². The highest BCUT2D eigenvalue weighted by molar-refractivity contribution is 6.12. The molecular formula is C45H36O6. The topological polar surface area (TPSA) is 71.1 Å². The van der Waals surface area contributed by atoms with Crippen molar-refractivity contribution in [2.75, 3.05) is 21.3 Å². The molecule has 6 aromatic rings. The average Bonchev–Trinajstić information content (AvgIpc) is 3.21. The van der Waals surface area contributed by atoms with Crippen LogP contribution in [-0.4, -0.2) is 32.9 Å². The Morgan fingerprint density at radius 1 is 0.608 bits per heavy atom. The van der Waals surface area contributed by atoms with Gasteiger partial charge in [-0.25, -0.2) is 0 Å².